The first-order valence-electron chi connectivity index (χ1n) is 6.96. The number of aryl methyl sites for hydroxylation is 1. The molecule has 0 aliphatic rings. The van der Waals surface area contributed by atoms with Crippen LogP contribution in [0.25, 0.3) is 5.82 Å². The van der Waals surface area contributed by atoms with Gasteiger partial charge in [-0.2, -0.15) is 5.10 Å². The molecule has 1 atom stereocenters. The highest BCUT2D eigenvalue weighted by Crippen LogP contribution is 2.22. The normalized spacial score (nSPS) is 12.7. The van der Waals surface area contributed by atoms with Gasteiger partial charge < -0.3 is 5.32 Å². The molecule has 0 radical (unpaired) electrons. The molecule has 2 aromatic heterocycles. The minimum Gasteiger partial charge on any atom is -0.310 e. The highest BCUT2D eigenvalue weighted by molar-refractivity contribution is 9.10. The maximum absolute atomic E-state index is 4.53. The quantitative estimate of drug-likeness (QED) is 0.904. The predicted molar refractivity (Wildman–Crippen MR) is 85.2 cm³/mol. The third-order valence-electron chi connectivity index (χ3n) is 3.39. The van der Waals surface area contributed by atoms with E-state index in [1.807, 2.05) is 30.8 Å². The van der Waals surface area contributed by atoms with E-state index >= 15 is 0 Å². The monoisotopic (exact) mass is 336 g/mol. The predicted octanol–water partition coefficient (Wildman–Crippen LogP) is 3.71. The molecule has 0 aliphatic heterocycles. The second kappa shape index (κ2) is 6.50. The number of nitrogens with zero attached hydrogens (tertiary/aromatic N) is 3. The van der Waals surface area contributed by atoms with Crippen molar-refractivity contribution in [1.29, 1.82) is 0 Å². The molecule has 1 N–H and O–H groups in total. The van der Waals surface area contributed by atoms with Crippen LogP contribution in [-0.2, 0) is 0 Å². The molecular weight excluding hydrogens is 316 g/mol. The van der Waals surface area contributed by atoms with Crippen molar-refractivity contribution in [2.24, 2.45) is 0 Å². The fraction of sp³-hybridized carbons (Fsp3) is 0.467. The second-order valence-electron chi connectivity index (χ2n) is 5.02. The van der Waals surface area contributed by atoms with E-state index in [0.717, 1.165) is 34.6 Å². The van der Waals surface area contributed by atoms with Gasteiger partial charge in [-0.15, -0.1) is 0 Å². The van der Waals surface area contributed by atoms with Gasteiger partial charge in [0.15, 0.2) is 5.82 Å². The van der Waals surface area contributed by atoms with E-state index in [1.165, 1.54) is 5.56 Å². The van der Waals surface area contributed by atoms with Crippen LogP contribution in [0.1, 0.15) is 43.3 Å². The van der Waals surface area contributed by atoms with Crippen molar-refractivity contribution in [3.05, 3.63) is 39.8 Å². The molecule has 5 heteroatoms. The van der Waals surface area contributed by atoms with Crippen molar-refractivity contribution < 1.29 is 0 Å². The Morgan fingerprint density at radius 2 is 2.10 bits per heavy atom. The summed E-state index contributed by atoms with van der Waals surface area (Å²) in [5, 5.41) is 7.96. The summed E-state index contributed by atoms with van der Waals surface area (Å²) in [6.07, 6.45) is 3.06. The Kier molecular flexibility index (Phi) is 4.94. The lowest BCUT2D eigenvalue weighted by molar-refractivity contribution is 0.569. The molecule has 108 valence electrons. The van der Waals surface area contributed by atoms with Crippen LogP contribution >= 0.6 is 15.9 Å². The zero-order chi connectivity index (χ0) is 14.7. The third kappa shape index (κ3) is 3.10. The van der Waals surface area contributed by atoms with E-state index in [2.05, 4.69) is 51.2 Å². The van der Waals surface area contributed by atoms with Gasteiger partial charge >= 0.3 is 0 Å². The first-order chi connectivity index (χ1) is 9.54. The second-order valence-corrected chi connectivity index (χ2v) is 5.82. The smallest absolute Gasteiger partial charge is 0.153 e. The minimum absolute atomic E-state index is 0.323. The van der Waals surface area contributed by atoms with Crippen molar-refractivity contribution in [2.45, 2.75) is 40.2 Å². The maximum atomic E-state index is 4.53. The van der Waals surface area contributed by atoms with Crippen LogP contribution in [0, 0.1) is 13.8 Å². The first-order valence-corrected chi connectivity index (χ1v) is 7.75. The molecule has 0 saturated carbocycles. The number of halogens is 1. The van der Waals surface area contributed by atoms with Crippen molar-refractivity contribution in [3.8, 4) is 5.82 Å². The number of nitrogens with one attached hydrogen (secondary N) is 1. The molecule has 4 nitrogen and oxygen atoms in total. The Labute approximate surface area is 128 Å². The Morgan fingerprint density at radius 3 is 2.60 bits per heavy atom. The average Bonchev–Trinajstić information content (AvgIpc) is 2.72. The summed E-state index contributed by atoms with van der Waals surface area (Å²) >= 11 is 3.54. The van der Waals surface area contributed by atoms with Crippen molar-refractivity contribution in [3.63, 3.8) is 0 Å². The summed E-state index contributed by atoms with van der Waals surface area (Å²) in [6.45, 7) is 9.37. The van der Waals surface area contributed by atoms with Crippen LogP contribution in [0.4, 0.5) is 0 Å². The zero-order valence-corrected chi connectivity index (χ0v) is 14.0. The molecule has 0 spiro atoms. The number of hydrogen-bond acceptors (Lipinski definition) is 3. The van der Waals surface area contributed by atoms with Crippen molar-refractivity contribution >= 4 is 15.9 Å². The molecule has 0 bridgehead atoms. The maximum Gasteiger partial charge on any atom is 0.153 e. The number of rotatable bonds is 5. The van der Waals surface area contributed by atoms with Crippen LogP contribution in [0.2, 0.25) is 0 Å². The number of aromatic nitrogens is 3. The van der Waals surface area contributed by atoms with E-state index in [-0.39, 0.29) is 0 Å². The number of hydrogen-bond donors (Lipinski definition) is 1. The van der Waals surface area contributed by atoms with E-state index in [9.17, 15) is 0 Å². The Hall–Kier alpha value is -1.20. The highest BCUT2D eigenvalue weighted by Gasteiger charge is 2.11. The lowest BCUT2D eigenvalue weighted by atomic mass is 10.1. The van der Waals surface area contributed by atoms with Gasteiger partial charge in [-0.05, 0) is 61.3 Å². The largest absolute Gasteiger partial charge is 0.310 e. The van der Waals surface area contributed by atoms with E-state index in [1.54, 1.807) is 0 Å². The van der Waals surface area contributed by atoms with Gasteiger partial charge in [0.25, 0.3) is 0 Å². The summed E-state index contributed by atoms with van der Waals surface area (Å²) in [4.78, 5) is 4.53. The van der Waals surface area contributed by atoms with Gasteiger partial charge in [-0.3, -0.25) is 0 Å². The first kappa shape index (κ1) is 15.2. The molecule has 0 aliphatic carbocycles. The van der Waals surface area contributed by atoms with Crippen LogP contribution in [0.3, 0.4) is 0 Å². The average molecular weight is 337 g/mol. The lowest BCUT2D eigenvalue weighted by Gasteiger charge is -2.13. The topological polar surface area (TPSA) is 42.7 Å². The Morgan fingerprint density at radius 1 is 1.35 bits per heavy atom. The number of pyridine rings is 1. The molecule has 20 heavy (non-hydrogen) atoms. The molecule has 2 aromatic rings. The van der Waals surface area contributed by atoms with Crippen molar-refractivity contribution in [1.82, 2.24) is 20.1 Å². The standard InChI is InChI=1S/C15H21BrN4/c1-5-8-17-10(2)13-6-7-14(18-9-13)20-12(4)15(16)11(3)19-20/h6-7,9-10,17H,5,8H2,1-4H3. The highest BCUT2D eigenvalue weighted by atomic mass is 79.9. The van der Waals surface area contributed by atoms with Gasteiger partial charge in [0, 0.05) is 12.2 Å². The zero-order valence-electron chi connectivity index (χ0n) is 12.4. The SMILES string of the molecule is CCCNC(C)c1ccc(-n2nc(C)c(Br)c2C)nc1. The molecule has 1 unspecified atom stereocenters. The summed E-state index contributed by atoms with van der Waals surface area (Å²) in [7, 11) is 0. The minimum atomic E-state index is 0.323. The summed E-state index contributed by atoms with van der Waals surface area (Å²) in [5.74, 6) is 0.850. The van der Waals surface area contributed by atoms with Crippen molar-refractivity contribution in [2.75, 3.05) is 6.54 Å². The molecule has 2 rings (SSSR count). The van der Waals surface area contributed by atoms with Crippen LogP contribution in [0.15, 0.2) is 22.8 Å². The molecule has 2 heterocycles. The molecule has 0 amide bonds. The van der Waals surface area contributed by atoms with Crippen LogP contribution in [-0.4, -0.2) is 21.3 Å². The van der Waals surface area contributed by atoms with Crippen LogP contribution < -0.4 is 5.32 Å². The van der Waals surface area contributed by atoms with Crippen LogP contribution in [0.5, 0.6) is 0 Å². The van der Waals surface area contributed by atoms with Gasteiger partial charge in [-0.1, -0.05) is 13.0 Å². The van der Waals surface area contributed by atoms with E-state index < -0.39 is 0 Å². The molecule has 0 fully saturated rings. The van der Waals surface area contributed by atoms with E-state index in [0.29, 0.717) is 6.04 Å². The molecular formula is C15H21BrN4. The lowest BCUT2D eigenvalue weighted by Crippen LogP contribution is -2.19. The molecule has 0 aromatic carbocycles. The van der Waals surface area contributed by atoms with E-state index in [4.69, 9.17) is 0 Å². The third-order valence-corrected chi connectivity index (χ3v) is 4.54. The fourth-order valence-corrected chi connectivity index (χ4v) is 2.35. The van der Waals surface area contributed by atoms with Gasteiger partial charge in [-0.25, -0.2) is 9.67 Å². The molecule has 0 saturated heterocycles. The van der Waals surface area contributed by atoms with Gasteiger partial charge in [0.1, 0.15) is 0 Å². The fourth-order valence-electron chi connectivity index (χ4n) is 2.10. The van der Waals surface area contributed by atoms with Gasteiger partial charge in [0.2, 0.25) is 0 Å². The summed E-state index contributed by atoms with van der Waals surface area (Å²) < 4.78 is 2.91. The van der Waals surface area contributed by atoms with Gasteiger partial charge in [0.05, 0.1) is 15.9 Å². The summed E-state index contributed by atoms with van der Waals surface area (Å²) in [5.41, 5.74) is 3.24. The Balaban J connectivity index is 2.21. The summed E-state index contributed by atoms with van der Waals surface area (Å²) in [6, 6.07) is 4.45. The Bertz CT molecular complexity index is 574.